The van der Waals surface area contributed by atoms with E-state index in [4.69, 9.17) is 0 Å². The lowest BCUT2D eigenvalue weighted by Gasteiger charge is -2.37. The third kappa shape index (κ3) is 6.02. The average Bonchev–Trinajstić information content (AvgIpc) is 3.29. The van der Waals surface area contributed by atoms with Gasteiger partial charge in [-0.1, -0.05) is 6.92 Å². The molecule has 4 aromatic rings. The summed E-state index contributed by atoms with van der Waals surface area (Å²) in [6, 6.07) is 1.71. The SMILES string of the molecule is C[C@H](Cn1cnnc1-c1nc(NC(=O)c2cc(-n3cnc(C4CC4)c3)c(N3CCC(C)(O)CC3)cn2)cs1)C(F)(F)F. The molecule has 0 aromatic carbocycles. The molecule has 1 saturated heterocycles. The maximum absolute atomic E-state index is 13.3. The number of imidazole rings is 1. The van der Waals surface area contributed by atoms with Gasteiger partial charge in [-0.2, -0.15) is 13.2 Å². The number of halogens is 3. The van der Waals surface area contributed by atoms with Gasteiger partial charge in [0.15, 0.2) is 10.8 Å². The van der Waals surface area contributed by atoms with Crippen molar-refractivity contribution in [1.82, 2.24) is 34.3 Å². The van der Waals surface area contributed by atoms with Crippen LogP contribution in [0.1, 0.15) is 61.6 Å². The van der Waals surface area contributed by atoms with E-state index in [2.05, 4.69) is 35.4 Å². The third-order valence-corrected chi connectivity index (χ3v) is 8.57. The van der Waals surface area contributed by atoms with Crippen molar-refractivity contribution >= 4 is 28.7 Å². The van der Waals surface area contributed by atoms with Gasteiger partial charge in [-0.3, -0.25) is 4.79 Å². The van der Waals surface area contributed by atoms with E-state index in [-0.39, 0.29) is 23.9 Å². The summed E-state index contributed by atoms with van der Waals surface area (Å²) < 4.78 is 42.5. The Morgan fingerprint density at radius 2 is 1.98 bits per heavy atom. The second kappa shape index (κ2) is 10.8. The Hall–Kier alpha value is -3.85. The van der Waals surface area contributed by atoms with E-state index in [0.29, 0.717) is 36.9 Å². The van der Waals surface area contributed by atoms with Crippen LogP contribution in [-0.4, -0.2) is 70.2 Å². The highest BCUT2D eigenvalue weighted by atomic mass is 32.1. The van der Waals surface area contributed by atoms with Gasteiger partial charge < -0.3 is 24.5 Å². The highest BCUT2D eigenvalue weighted by Crippen LogP contribution is 2.40. The Morgan fingerprint density at radius 1 is 1.21 bits per heavy atom. The molecule has 4 aromatic heterocycles. The van der Waals surface area contributed by atoms with E-state index < -0.39 is 23.6 Å². The highest BCUT2D eigenvalue weighted by molar-refractivity contribution is 7.13. The molecule has 1 aliphatic heterocycles. The minimum Gasteiger partial charge on any atom is -0.390 e. The van der Waals surface area contributed by atoms with Gasteiger partial charge in [0.05, 0.1) is 41.1 Å². The van der Waals surface area contributed by atoms with Crippen molar-refractivity contribution in [3.8, 4) is 16.5 Å². The monoisotopic (exact) mass is 601 g/mol. The van der Waals surface area contributed by atoms with Crippen LogP contribution in [0, 0.1) is 5.92 Å². The Morgan fingerprint density at radius 3 is 2.69 bits per heavy atom. The normalized spacial score (nSPS) is 17.8. The van der Waals surface area contributed by atoms with Crippen molar-refractivity contribution in [2.45, 2.75) is 63.8 Å². The molecule has 2 aliphatic rings. The first-order valence-corrected chi connectivity index (χ1v) is 14.6. The first-order chi connectivity index (χ1) is 20.0. The van der Waals surface area contributed by atoms with Crippen LogP contribution in [0.3, 0.4) is 0 Å². The zero-order valence-corrected chi connectivity index (χ0v) is 23.9. The first kappa shape index (κ1) is 28.3. The van der Waals surface area contributed by atoms with E-state index in [1.807, 2.05) is 17.7 Å². The van der Waals surface area contributed by atoms with E-state index >= 15 is 0 Å². The average molecular weight is 602 g/mol. The van der Waals surface area contributed by atoms with Crippen LogP contribution in [-0.2, 0) is 6.54 Å². The van der Waals surface area contributed by atoms with Gasteiger partial charge in [-0.15, -0.1) is 21.5 Å². The van der Waals surface area contributed by atoms with E-state index in [1.54, 1.807) is 24.0 Å². The van der Waals surface area contributed by atoms with Crippen LogP contribution in [0.15, 0.2) is 36.5 Å². The molecule has 6 rings (SSSR count). The Balaban J connectivity index is 1.23. The predicted molar refractivity (Wildman–Crippen MR) is 150 cm³/mol. The number of piperidine rings is 1. The number of nitrogens with zero attached hydrogens (tertiary/aromatic N) is 8. The van der Waals surface area contributed by atoms with Gasteiger partial charge in [-0.05, 0) is 38.7 Å². The second-order valence-corrected chi connectivity index (χ2v) is 12.1. The number of carbonyl (C=O) groups is 1. The zero-order valence-electron chi connectivity index (χ0n) is 23.0. The number of anilines is 2. The fraction of sp³-hybridized carbons (Fsp3) is 0.481. The summed E-state index contributed by atoms with van der Waals surface area (Å²) in [6.45, 7) is 3.87. The summed E-state index contributed by atoms with van der Waals surface area (Å²) >= 11 is 1.14. The molecule has 42 heavy (non-hydrogen) atoms. The summed E-state index contributed by atoms with van der Waals surface area (Å²) in [6.07, 6.45) is 5.73. The number of hydrogen-bond donors (Lipinski definition) is 2. The Labute approximate surface area is 243 Å². The van der Waals surface area contributed by atoms with Gasteiger partial charge in [0.2, 0.25) is 0 Å². The molecule has 0 bridgehead atoms. The second-order valence-electron chi connectivity index (χ2n) is 11.3. The lowest BCUT2D eigenvalue weighted by Crippen LogP contribution is -2.42. The number of rotatable bonds is 8. The number of hydrogen-bond acceptors (Lipinski definition) is 9. The Bertz CT molecular complexity index is 1580. The molecule has 1 amide bonds. The zero-order chi connectivity index (χ0) is 29.6. The molecule has 11 nitrogen and oxygen atoms in total. The molecule has 2 N–H and O–H groups in total. The van der Waals surface area contributed by atoms with Crippen molar-refractivity contribution in [2.24, 2.45) is 5.92 Å². The van der Waals surface area contributed by atoms with Crippen molar-refractivity contribution in [1.29, 1.82) is 0 Å². The largest absolute Gasteiger partial charge is 0.393 e. The van der Waals surface area contributed by atoms with Crippen molar-refractivity contribution in [2.75, 3.05) is 23.3 Å². The number of pyridine rings is 1. The third-order valence-electron chi connectivity index (χ3n) is 7.73. The number of nitrogens with one attached hydrogen (secondary N) is 1. The van der Waals surface area contributed by atoms with E-state index in [1.165, 1.54) is 10.9 Å². The minimum atomic E-state index is -4.35. The fourth-order valence-corrected chi connectivity index (χ4v) is 5.62. The molecule has 0 radical (unpaired) electrons. The highest BCUT2D eigenvalue weighted by Gasteiger charge is 2.36. The minimum absolute atomic E-state index is 0.163. The molecule has 1 atom stereocenters. The van der Waals surface area contributed by atoms with Crippen LogP contribution < -0.4 is 10.2 Å². The molecule has 0 spiro atoms. The lowest BCUT2D eigenvalue weighted by atomic mass is 9.93. The molecular weight excluding hydrogens is 571 g/mol. The maximum atomic E-state index is 13.3. The van der Waals surface area contributed by atoms with Crippen LogP contribution in [0.25, 0.3) is 16.5 Å². The number of carbonyl (C=O) groups excluding carboxylic acids is 1. The summed E-state index contributed by atoms with van der Waals surface area (Å²) in [5, 5.41) is 22.8. The summed E-state index contributed by atoms with van der Waals surface area (Å²) in [7, 11) is 0. The number of aromatic nitrogens is 7. The molecule has 1 saturated carbocycles. The quantitative estimate of drug-likeness (QED) is 0.299. The van der Waals surface area contributed by atoms with Gasteiger partial charge in [-0.25, -0.2) is 15.0 Å². The van der Waals surface area contributed by atoms with Gasteiger partial charge in [0.1, 0.15) is 17.8 Å². The maximum Gasteiger partial charge on any atom is 0.393 e. The van der Waals surface area contributed by atoms with E-state index in [9.17, 15) is 23.1 Å². The summed E-state index contributed by atoms with van der Waals surface area (Å²) in [4.78, 5) is 28.8. The summed E-state index contributed by atoms with van der Waals surface area (Å²) in [5.74, 6) is -1.21. The standard InChI is InChI=1S/C27H30F3N9O2S/c1-16(27(28,29)30)11-39-15-33-36-23(39)25-35-22(13-42-25)34-24(40)18-9-20(38-12-19(32-14-38)17-3-4-17)21(10-31-18)37-7-5-26(2,41)6-8-37/h9-10,12-17,41H,3-8,11H2,1-2H3,(H,34,40)/t16-/m1/s1. The number of thiazole rings is 1. The van der Waals surface area contributed by atoms with Crippen molar-refractivity contribution < 1.29 is 23.1 Å². The number of aliphatic hydroxyl groups is 1. The molecule has 15 heteroatoms. The lowest BCUT2D eigenvalue weighted by molar-refractivity contribution is -0.172. The van der Waals surface area contributed by atoms with Crippen molar-refractivity contribution in [3.05, 3.63) is 47.9 Å². The van der Waals surface area contributed by atoms with Crippen LogP contribution in [0.5, 0.6) is 0 Å². The molecule has 5 heterocycles. The van der Waals surface area contributed by atoms with Gasteiger partial charge in [0, 0.05) is 37.1 Å². The van der Waals surface area contributed by atoms with Gasteiger partial charge >= 0.3 is 6.18 Å². The number of amides is 1. The predicted octanol–water partition coefficient (Wildman–Crippen LogP) is 4.66. The smallest absolute Gasteiger partial charge is 0.390 e. The Kier molecular flexibility index (Phi) is 7.25. The molecule has 222 valence electrons. The van der Waals surface area contributed by atoms with Crippen LogP contribution >= 0.6 is 11.3 Å². The number of alkyl halides is 3. The summed E-state index contributed by atoms with van der Waals surface area (Å²) in [5.41, 5.74) is 2.05. The van der Waals surface area contributed by atoms with Crippen LogP contribution in [0.4, 0.5) is 24.7 Å². The van der Waals surface area contributed by atoms with Crippen LogP contribution in [0.2, 0.25) is 0 Å². The van der Waals surface area contributed by atoms with Crippen molar-refractivity contribution in [3.63, 3.8) is 0 Å². The fourth-order valence-electron chi connectivity index (χ4n) is 4.87. The van der Waals surface area contributed by atoms with Gasteiger partial charge in [0.25, 0.3) is 5.91 Å². The molecular formula is C27H30F3N9O2S. The topological polar surface area (TPSA) is 127 Å². The molecule has 2 fully saturated rings. The molecule has 0 unspecified atom stereocenters. The first-order valence-electron chi connectivity index (χ1n) is 13.7. The molecule has 1 aliphatic carbocycles. The van der Waals surface area contributed by atoms with E-state index in [0.717, 1.165) is 48.2 Å².